The fraction of sp³-hybridized carbons (Fsp3) is 0.625. The highest BCUT2D eigenvalue weighted by molar-refractivity contribution is 7.60. The van der Waals surface area contributed by atoms with Gasteiger partial charge in [0.05, 0.1) is 6.54 Å². The molecule has 3 saturated heterocycles. The van der Waals surface area contributed by atoms with E-state index in [2.05, 4.69) is 22.2 Å². The van der Waals surface area contributed by atoms with E-state index in [0.717, 1.165) is 31.9 Å². The van der Waals surface area contributed by atoms with Crippen LogP contribution in [-0.4, -0.2) is 103 Å². The van der Waals surface area contributed by atoms with Crippen LogP contribution in [0, 0.1) is 5.92 Å². The van der Waals surface area contributed by atoms with Gasteiger partial charge < -0.3 is 29.9 Å². The number of β-amino-alcohol motifs (C(OH)–C–C–N with tert-alkyl or cyclic N) is 1. The van der Waals surface area contributed by atoms with Crippen molar-refractivity contribution in [3.63, 3.8) is 0 Å². The second-order valence-electron chi connectivity index (χ2n) is 9.42. The minimum Gasteiger partial charge on any atom is -0.388 e. The van der Waals surface area contributed by atoms with Gasteiger partial charge in [-0.15, -0.1) is 0 Å². The monoisotopic (exact) mass is 628 g/mol. The summed E-state index contributed by atoms with van der Waals surface area (Å²) in [6.45, 7) is 7.67. The SMILES string of the molecule is CC[C@H](C)[C@H](NC(=O)c1ccc(N2CCN(C)CC2)cc1)C(=O)N1C[C@H](O)[C@H]2OCC(=O)[C@H]21.S.S.S.S.S. The molecule has 0 aliphatic carbocycles. The Morgan fingerprint density at radius 1 is 1.05 bits per heavy atom. The second kappa shape index (κ2) is 17.2. The number of carbonyl (C=O) groups is 3. The first kappa shape index (κ1) is 39.4. The fourth-order valence-electron chi connectivity index (χ4n) is 4.83. The molecule has 3 fully saturated rings. The van der Waals surface area contributed by atoms with E-state index in [1.54, 1.807) is 12.1 Å². The van der Waals surface area contributed by atoms with Crippen LogP contribution in [0.3, 0.4) is 0 Å². The average Bonchev–Trinajstić information content (AvgIpc) is 3.37. The first-order valence-electron chi connectivity index (χ1n) is 11.8. The highest BCUT2D eigenvalue weighted by Crippen LogP contribution is 2.29. The zero-order valence-corrected chi connectivity index (χ0v) is 27.1. The Hall–Kier alpha value is -0.740. The summed E-state index contributed by atoms with van der Waals surface area (Å²) in [6, 6.07) is 5.88. The Morgan fingerprint density at radius 3 is 2.18 bits per heavy atom. The second-order valence-corrected chi connectivity index (χ2v) is 9.42. The molecule has 2 N–H and O–H groups in total. The Bertz CT molecular complexity index is 905. The lowest BCUT2D eigenvalue weighted by atomic mass is 9.96. The van der Waals surface area contributed by atoms with Crippen LogP contribution >= 0.6 is 67.5 Å². The number of aliphatic hydroxyl groups excluding tert-OH is 1. The predicted octanol–water partition coefficient (Wildman–Crippen LogP) is 0.687. The minimum absolute atomic E-state index is 0. The Balaban J connectivity index is 0. The number of piperazine rings is 1. The van der Waals surface area contributed by atoms with Crippen molar-refractivity contribution in [2.24, 2.45) is 5.92 Å². The van der Waals surface area contributed by atoms with Crippen LogP contribution in [0.2, 0.25) is 0 Å². The normalized spacial score (nSPS) is 23.8. The number of hydrogen-bond acceptors (Lipinski definition) is 7. The van der Waals surface area contributed by atoms with Gasteiger partial charge in [-0.2, -0.15) is 67.5 Å². The van der Waals surface area contributed by atoms with Crippen LogP contribution in [0.25, 0.3) is 0 Å². The van der Waals surface area contributed by atoms with Crippen molar-refractivity contribution in [1.82, 2.24) is 15.1 Å². The molecular weight excluding hydrogens is 585 g/mol. The van der Waals surface area contributed by atoms with E-state index in [-0.39, 0.29) is 104 Å². The maximum absolute atomic E-state index is 13.4. The molecule has 5 atom stereocenters. The number of anilines is 1. The number of fused-ring (bicyclic) bond motifs is 1. The highest BCUT2D eigenvalue weighted by Gasteiger charge is 2.53. The first-order valence-corrected chi connectivity index (χ1v) is 11.8. The Labute approximate surface area is 260 Å². The molecule has 4 rings (SSSR count). The number of benzene rings is 1. The third-order valence-electron chi connectivity index (χ3n) is 7.20. The Morgan fingerprint density at radius 2 is 1.63 bits per heavy atom. The number of amides is 2. The summed E-state index contributed by atoms with van der Waals surface area (Å²) in [6.07, 6.45) is -0.911. The van der Waals surface area contributed by atoms with E-state index >= 15 is 0 Å². The summed E-state index contributed by atoms with van der Waals surface area (Å²) in [4.78, 5) is 44.7. The average molecular weight is 629 g/mol. The molecule has 14 heteroatoms. The number of hydrogen-bond donors (Lipinski definition) is 2. The molecule has 9 nitrogen and oxygen atoms in total. The van der Waals surface area contributed by atoms with Crippen LogP contribution < -0.4 is 10.2 Å². The third-order valence-corrected chi connectivity index (χ3v) is 7.20. The lowest BCUT2D eigenvalue weighted by molar-refractivity contribution is -0.139. The zero-order chi connectivity index (χ0) is 23.7. The minimum atomic E-state index is -0.902. The number of likely N-dealkylation sites (N-methyl/N-ethyl adjacent to an activating group) is 1. The molecule has 3 heterocycles. The van der Waals surface area contributed by atoms with Crippen molar-refractivity contribution in [3.8, 4) is 0 Å². The van der Waals surface area contributed by atoms with Crippen LogP contribution in [0.15, 0.2) is 24.3 Å². The number of ketones is 1. The van der Waals surface area contributed by atoms with Crippen molar-refractivity contribution >= 4 is 90.8 Å². The van der Waals surface area contributed by atoms with Gasteiger partial charge in [0, 0.05) is 37.4 Å². The number of nitrogens with one attached hydrogen (secondary N) is 1. The van der Waals surface area contributed by atoms with Gasteiger partial charge in [-0.05, 0) is 37.2 Å². The Kier molecular flexibility index (Phi) is 17.8. The molecule has 0 spiro atoms. The summed E-state index contributed by atoms with van der Waals surface area (Å²) < 4.78 is 5.38. The number of Topliss-reactive ketones (excluding diaryl/α,β-unsaturated/α-hetero) is 1. The summed E-state index contributed by atoms with van der Waals surface area (Å²) in [5, 5.41) is 13.1. The third kappa shape index (κ3) is 8.38. The van der Waals surface area contributed by atoms with Crippen LogP contribution in [0.5, 0.6) is 0 Å². The number of likely N-dealkylation sites (tertiary alicyclic amines) is 1. The van der Waals surface area contributed by atoms with Crippen molar-refractivity contribution < 1.29 is 24.2 Å². The molecule has 1 aromatic rings. The molecule has 0 bridgehead atoms. The molecular formula is C24H44N4O5S5. The van der Waals surface area contributed by atoms with Gasteiger partial charge in [-0.1, -0.05) is 20.3 Å². The van der Waals surface area contributed by atoms with Gasteiger partial charge in [0.15, 0.2) is 5.78 Å². The van der Waals surface area contributed by atoms with Crippen molar-refractivity contribution in [2.75, 3.05) is 51.3 Å². The standard InChI is InChI=1S/C24H34N4O5.5H2S/c1-4-15(2)20(24(32)28-13-18(29)22-21(28)19(30)14-33-22)25-23(31)16-5-7-17(8-6-16)27-11-9-26(3)10-12-27;;;;;/h5-8,15,18,20-22,29H,4,9-14H2,1-3H3,(H,25,31);5*1H2/t15-,18-,20-,21+,22+;;;;;/m0...../s1. The summed E-state index contributed by atoms with van der Waals surface area (Å²) in [5.41, 5.74) is 1.56. The van der Waals surface area contributed by atoms with Gasteiger partial charge >= 0.3 is 0 Å². The fourth-order valence-corrected chi connectivity index (χ4v) is 4.83. The number of rotatable bonds is 6. The topological polar surface area (TPSA) is 102 Å². The molecule has 220 valence electrons. The molecule has 1 aromatic carbocycles. The lowest BCUT2D eigenvalue weighted by Gasteiger charge is -2.34. The smallest absolute Gasteiger partial charge is 0.251 e. The molecule has 2 amide bonds. The van der Waals surface area contributed by atoms with E-state index in [4.69, 9.17) is 4.74 Å². The first-order chi connectivity index (χ1) is 15.8. The van der Waals surface area contributed by atoms with Crippen molar-refractivity contribution in [2.45, 2.75) is 44.6 Å². The van der Waals surface area contributed by atoms with Gasteiger partial charge in [0.25, 0.3) is 5.91 Å². The number of nitrogens with zero attached hydrogens (tertiary/aromatic N) is 3. The summed E-state index contributed by atoms with van der Waals surface area (Å²) in [5.74, 6) is -1.03. The molecule has 0 radical (unpaired) electrons. The summed E-state index contributed by atoms with van der Waals surface area (Å²) in [7, 11) is 2.11. The van der Waals surface area contributed by atoms with Crippen molar-refractivity contribution in [3.05, 3.63) is 29.8 Å². The maximum atomic E-state index is 13.4. The molecule has 3 aliphatic rings. The van der Waals surface area contributed by atoms with E-state index < -0.39 is 24.3 Å². The van der Waals surface area contributed by atoms with Gasteiger partial charge in [-0.25, -0.2) is 0 Å². The zero-order valence-electron chi connectivity index (χ0n) is 22.1. The number of ether oxygens (including phenoxy) is 1. The molecule has 0 unspecified atom stereocenters. The number of carbonyl (C=O) groups excluding carboxylic acids is 3. The quantitative estimate of drug-likeness (QED) is 0.478. The van der Waals surface area contributed by atoms with Crippen LogP contribution in [-0.2, 0) is 14.3 Å². The van der Waals surface area contributed by atoms with E-state index in [0.29, 0.717) is 12.0 Å². The predicted molar refractivity (Wildman–Crippen MR) is 175 cm³/mol. The maximum Gasteiger partial charge on any atom is 0.251 e. The highest BCUT2D eigenvalue weighted by atomic mass is 32.1. The van der Waals surface area contributed by atoms with E-state index in [1.807, 2.05) is 26.0 Å². The van der Waals surface area contributed by atoms with Gasteiger partial charge in [-0.3, -0.25) is 14.4 Å². The summed E-state index contributed by atoms with van der Waals surface area (Å²) >= 11 is 0. The van der Waals surface area contributed by atoms with Crippen LogP contribution in [0.1, 0.15) is 30.6 Å². The van der Waals surface area contributed by atoms with Gasteiger partial charge in [0.2, 0.25) is 5.91 Å². The van der Waals surface area contributed by atoms with Crippen molar-refractivity contribution in [1.29, 1.82) is 0 Å². The largest absolute Gasteiger partial charge is 0.388 e. The van der Waals surface area contributed by atoms with E-state index in [9.17, 15) is 19.5 Å². The molecule has 38 heavy (non-hydrogen) atoms. The van der Waals surface area contributed by atoms with E-state index in [1.165, 1.54) is 4.90 Å². The molecule has 3 aliphatic heterocycles. The van der Waals surface area contributed by atoms with Gasteiger partial charge in [0.1, 0.15) is 30.9 Å². The lowest BCUT2D eigenvalue weighted by Crippen LogP contribution is -2.54. The molecule has 0 aromatic heterocycles. The van der Waals surface area contributed by atoms with Crippen LogP contribution in [0.4, 0.5) is 5.69 Å². The number of aliphatic hydroxyl groups is 1. The molecule has 0 saturated carbocycles.